The van der Waals surface area contributed by atoms with E-state index in [0.29, 0.717) is 17.9 Å². The minimum Gasteiger partial charge on any atom is -0.478 e. The molecule has 0 amide bonds. The zero-order valence-corrected chi connectivity index (χ0v) is 18.8. The van der Waals surface area contributed by atoms with Crippen molar-refractivity contribution in [1.82, 2.24) is 0 Å². The first-order chi connectivity index (χ1) is 15.1. The summed E-state index contributed by atoms with van der Waals surface area (Å²) in [4.78, 5) is 24.8. The van der Waals surface area contributed by atoms with Crippen molar-refractivity contribution in [3.05, 3.63) is 70.8 Å². The van der Waals surface area contributed by atoms with Crippen molar-refractivity contribution in [2.45, 2.75) is 71.6 Å². The third-order valence-electron chi connectivity index (χ3n) is 5.75. The number of carbonyl (C=O) groups excluding carboxylic acids is 1. The van der Waals surface area contributed by atoms with Crippen LogP contribution in [0.2, 0.25) is 0 Å². The molecular formula is C28H34O3. The highest BCUT2D eigenvalue weighted by Gasteiger charge is 2.20. The Morgan fingerprint density at radius 1 is 0.871 bits per heavy atom. The molecule has 1 atom stereocenters. The molecule has 3 heteroatoms. The van der Waals surface area contributed by atoms with E-state index in [1.165, 1.54) is 32.1 Å². The van der Waals surface area contributed by atoms with Crippen molar-refractivity contribution in [3.63, 3.8) is 0 Å². The quantitative estimate of drug-likeness (QED) is 0.226. The summed E-state index contributed by atoms with van der Waals surface area (Å²) in [5.74, 6) is 5.36. The molecule has 31 heavy (non-hydrogen) atoms. The monoisotopic (exact) mass is 418 g/mol. The molecule has 0 aliphatic heterocycles. The van der Waals surface area contributed by atoms with E-state index in [1.54, 1.807) is 18.2 Å². The summed E-state index contributed by atoms with van der Waals surface area (Å²) < 4.78 is 0. The lowest BCUT2D eigenvalue weighted by Crippen LogP contribution is -2.11. The zero-order valence-electron chi connectivity index (χ0n) is 18.8. The minimum absolute atomic E-state index is 0.0162. The molecule has 164 valence electrons. The number of benzene rings is 2. The van der Waals surface area contributed by atoms with Gasteiger partial charge >= 0.3 is 5.97 Å². The molecule has 0 radical (unpaired) electrons. The SMILES string of the molecule is CCCCCCC(CC)CCCC(=O)c1cccc(C#Cc2ccccc2)c1C(=O)O. The van der Waals surface area contributed by atoms with Crippen molar-refractivity contribution >= 4 is 11.8 Å². The summed E-state index contributed by atoms with van der Waals surface area (Å²) in [6.07, 6.45) is 9.61. The van der Waals surface area contributed by atoms with Crippen LogP contribution in [0, 0.1) is 17.8 Å². The molecule has 2 rings (SSSR count). The molecule has 0 fully saturated rings. The van der Waals surface area contributed by atoms with Crippen LogP contribution in [0.5, 0.6) is 0 Å². The van der Waals surface area contributed by atoms with Gasteiger partial charge in [0, 0.05) is 23.1 Å². The Morgan fingerprint density at radius 2 is 1.61 bits per heavy atom. The number of Topliss-reactive ketones (excluding diaryl/α,β-unsaturated/α-hetero) is 1. The molecule has 0 heterocycles. The van der Waals surface area contributed by atoms with Gasteiger partial charge in [0.2, 0.25) is 0 Å². The Morgan fingerprint density at radius 3 is 2.29 bits per heavy atom. The smallest absolute Gasteiger partial charge is 0.337 e. The maximum absolute atomic E-state index is 12.9. The van der Waals surface area contributed by atoms with E-state index in [9.17, 15) is 14.7 Å². The average molecular weight is 419 g/mol. The van der Waals surface area contributed by atoms with Gasteiger partial charge in [-0.05, 0) is 30.5 Å². The van der Waals surface area contributed by atoms with Gasteiger partial charge in [0.25, 0.3) is 0 Å². The highest BCUT2D eigenvalue weighted by atomic mass is 16.4. The van der Waals surface area contributed by atoms with Crippen LogP contribution >= 0.6 is 0 Å². The first-order valence-electron chi connectivity index (χ1n) is 11.5. The van der Waals surface area contributed by atoms with Crippen LogP contribution in [0.3, 0.4) is 0 Å². The third kappa shape index (κ3) is 8.06. The molecule has 2 aromatic rings. The van der Waals surface area contributed by atoms with E-state index in [2.05, 4.69) is 25.7 Å². The maximum Gasteiger partial charge on any atom is 0.337 e. The molecule has 1 N–H and O–H groups in total. The molecule has 0 spiro atoms. The van der Waals surface area contributed by atoms with Gasteiger partial charge in [-0.2, -0.15) is 0 Å². The largest absolute Gasteiger partial charge is 0.478 e. The standard InChI is InChI=1S/C28H34O3/c1-3-5-6-8-13-22(4-2)16-11-19-26(29)25-18-12-17-24(27(25)28(30)31)21-20-23-14-9-7-10-15-23/h7,9-10,12,14-15,17-18,22H,3-6,8,11,13,16,19H2,1-2H3,(H,30,31). The van der Waals surface area contributed by atoms with Crippen LogP contribution < -0.4 is 0 Å². The van der Waals surface area contributed by atoms with Gasteiger partial charge in [0.1, 0.15) is 0 Å². The first kappa shape index (κ1) is 24.4. The Bertz CT molecular complexity index is 903. The highest BCUT2D eigenvalue weighted by molar-refractivity contribution is 6.07. The maximum atomic E-state index is 12.9. The van der Waals surface area contributed by atoms with E-state index in [1.807, 2.05) is 30.3 Å². The van der Waals surface area contributed by atoms with Gasteiger partial charge in [-0.15, -0.1) is 0 Å². The summed E-state index contributed by atoms with van der Waals surface area (Å²) in [6, 6.07) is 14.4. The average Bonchev–Trinajstić information content (AvgIpc) is 2.79. The summed E-state index contributed by atoms with van der Waals surface area (Å²) in [6.45, 7) is 4.43. The molecule has 0 aliphatic rings. The number of carboxylic acid groups (broad SMARTS) is 1. The van der Waals surface area contributed by atoms with Gasteiger partial charge in [0.15, 0.2) is 5.78 Å². The molecule has 3 nitrogen and oxygen atoms in total. The van der Waals surface area contributed by atoms with Gasteiger partial charge in [0.05, 0.1) is 5.56 Å². The lowest BCUT2D eigenvalue weighted by molar-refractivity contribution is 0.0691. The fraction of sp³-hybridized carbons (Fsp3) is 0.429. The lowest BCUT2D eigenvalue weighted by Gasteiger charge is -2.14. The molecule has 0 aliphatic carbocycles. The van der Waals surface area contributed by atoms with E-state index in [0.717, 1.165) is 24.8 Å². The number of hydrogen-bond acceptors (Lipinski definition) is 2. The predicted molar refractivity (Wildman–Crippen MR) is 127 cm³/mol. The summed E-state index contributed by atoms with van der Waals surface area (Å²) in [5, 5.41) is 9.77. The zero-order chi connectivity index (χ0) is 22.5. The molecule has 0 bridgehead atoms. The molecule has 0 saturated carbocycles. The van der Waals surface area contributed by atoms with Crippen LogP contribution in [-0.2, 0) is 0 Å². The van der Waals surface area contributed by atoms with Crippen molar-refractivity contribution in [2.24, 2.45) is 5.92 Å². The summed E-state index contributed by atoms with van der Waals surface area (Å²) in [7, 11) is 0. The fourth-order valence-electron chi connectivity index (χ4n) is 3.88. The van der Waals surface area contributed by atoms with E-state index < -0.39 is 5.97 Å². The Hall–Kier alpha value is -2.86. The van der Waals surface area contributed by atoms with Crippen LogP contribution in [-0.4, -0.2) is 16.9 Å². The summed E-state index contributed by atoms with van der Waals surface area (Å²) >= 11 is 0. The van der Waals surface area contributed by atoms with Crippen LogP contribution in [0.1, 0.15) is 103 Å². The Kier molecular flexibility index (Phi) is 10.6. The van der Waals surface area contributed by atoms with Crippen LogP contribution in [0.4, 0.5) is 0 Å². The van der Waals surface area contributed by atoms with Crippen molar-refractivity contribution in [2.75, 3.05) is 0 Å². The van der Waals surface area contributed by atoms with Crippen LogP contribution in [0.15, 0.2) is 48.5 Å². The first-order valence-corrected chi connectivity index (χ1v) is 11.5. The van der Waals surface area contributed by atoms with Gasteiger partial charge < -0.3 is 5.11 Å². The highest BCUT2D eigenvalue weighted by Crippen LogP contribution is 2.22. The third-order valence-corrected chi connectivity index (χ3v) is 5.75. The second-order valence-electron chi connectivity index (χ2n) is 8.09. The molecule has 1 unspecified atom stereocenters. The van der Waals surface area contributed by atoms with E-state index in [4.69, 9.17) is 0 Å². The second kappa shape index (κ2) is 13.4. The minimum atomic E-state index is -1.11. The molecular weight excluding hydrogens is 384 g/mol. The predicted octanol–water partition coefficient (Wildman–Crippen LogP) is 7.13. The number of rotatable bonds is 12. The molecule has 0 aromatic heterocycles. The Balaban J connectivity index is 2.05. The molecule has 0 saturated heterocycles. The molecule has 2 aromatic carbocycles. The fourth-order valence-corrected chi connectivity index (χ4v) is 3.88. The Labute approximate surface area is 186 Å². The lowest BCUT2D eigenvalue weighted by atomic mass is 9.90. The number of aromatic carboxylic acids is 1. The second-order valence-corrected chi connectivity index (χ2v) is 8.09. The summed E-state index contributed by atoms with van der Waals surface area (Å²) in [5.41, 5.74) is 1.47. The normalized spacial score (nSPS) is 11.4. The van der Waals surface area contributed by atoms with Crippen molar-refractivity contribution < 1.29 is 14.7 Å². The topological polar surface area (TPSA) is 54.4 Å². The number of carbonyl (C=O) groups is 2. The number of carboxylic acids is 1. The van der Waals surface area contributed by atoms with Gasteiger partial charge in [-0.1, -0.05) is 101 Å². The van der Waals surface area contributed by atoms with Gasteiger partial charge in [-0.3, -0.25) is 4.79 Å². The van der Waals surface area contributed by atoms with E-state index in [-0.39, 0.29) is 16.9 Å². The van der Waals surface area contributed by atoms with Gasteiger partial charge in [-0.25, -0.2) is 4.79 Å². The van der Waals surface area contributed by atoms with Crippen molar-refractivity contribution in [1.29, 1.82) is 0 Å². The number of hydrogen-bond donors (Lipinski definition) is 1. The number of unbranched alkanes of at least 4 members (excludes halogenated alkanes) is 3. The van der Waals surface area contributed by atoms with E-state index >= 15 is 0 Å². The van der Waals surface area contributed by atoms with Crippen molar-refractivity contribution in [3.8, 4) is 11.8 Å². The number of ketones is 1. The van der Waals surface area contributed by atoms with Crippen LogP contribution in [0.25, 0.3) is 0 Å².